The molecule has 2 atom stereocenters. The van der Waals surface area contributed by atoms with Crippen LogP contribution in [0.15, 0.2) is 34.4 Å². The second-order valence-electron chi connectivity index (χ2n) is 5.00. The first-order valence-corrected chi connectivity index (χ1v) is 7.57. The first-order chi connectivity index (χ1) is 9.97. The number of carbonyl (C=O) groups is 1. The molecule has 0 aliphatic heterocycles. The monoisotopic (exact) mass is 306 g/mol. The fraction of sp³-hybridized carbons (Fsp3) is 0.333. The van der Waals surface area contributed by atoms with Gasteiger partial charge in [0.15, 0.2) is 0 Å². The van der Waals surface area contributed by atoms with Gasteiger partial charge in [0.05, 0.1) is 11.7 Å². The molecule has 0 bridgehead atoms. The topological polar surface area (TPSA) is 82.2 Å². The summed E-state index contributed by atoms with van der Waals surface area (Å²) in [6.07, 6.45) is -0.147. The van der Waals surface area contributed by atoms with Crippen molar-refractivity contribution >= 4 is 17.2 Å². The molecule has 0 fully saturated rings. The van der Waals surface area contributed by atoms with E-state index in [2.05, 4.69) is 10.3 Å². The standard InChI is InChI=1S/C15H18N2O3S/c1-9(8-12(18)13-4-3-7-21-13)16-15(20)11-5-6-14(19)17-10(11)2/h3-7,9,12,18H,8H2,1-2H3,(H,16,20)(H,17,19)/t9-,12+/m0/s1. The normalized spacial score (nSPS) is 13.7. The van der Waals surface area contributed by atoms with Crippen molar-refractivity contribution in [2.24, 2.45) is 0 Å². The number of carbonyl (C=O) groups excluding carboxylic acids is 1. The molecule has 0 saturated carbocycles. The summed E-state index contributed by atoms with van der Waals surface area (Å²) in [4.78, 5) is 26.8. The highest BCUT2D eigenvalue weighted by Crippen LogP contribution is 2.22. The summed E-state index contributed by atoms with van der Waals surface area (Å²) in [5.74, 6) is -0.255. The van der Waals surface area contributed by atoms with Gasteiger partial charge >= 0.3 is 0 Å². The van der Waals surface area contributed by atoms with Crippen LogP contribution in [0.2, 0.25) is 0 Å². The Morgan fingerprint density at radius 2 is 2.19 bits per heavy atom. The lowest BCUT2D eigenvalue weighted by Gasteiger charge is -2.17. The quantitative estimate of drug-likeness (QED) is 0.790. The molecule has 3 N–H and O–H groups in total. The van der Waals surface area contributed by atoms with Crippen LogP contribution >= 0.6 is 11.3 Å². The van der Waals surface area contributed by atoms with Gasteiger partial charge in [-0.05, 0) is 37.8 Å². The van der Waals surface area contributed by atoms with E-state index in [1.54, 1.807) is 6.92 Å². The van der Waals surface area contributed by atoms with E-state index in [1.165, 1.54) is 23.5 Å². The Bertz CT molecular complexity index is 664. The maximum Gasteiger partial charge on any atom is 0.253 e. The van der Waals surface area contributed by atoms with Gasteiger partial charge < -0.3 is 15.4 Å². The minimum atomic E-state index is -0.586. The minimum Gasteiger partial charge on any atom is -0.387 e. The first kappa shape index (κ1) is 15.5. The molecule has 2 aromatic rings. The van der Waals surface area contributed by atoms with E-state index in [1.807, 2.05) is 24.4 Å². The summed E-state index contributed by atoms with van der Waals surface area (Å²) in [5, 5.41) is 14.8. The first-order valence-electron chi connectivity index (χ1n) is 6.69. The van der Waals surface area contributed by atoms with Crippen LogP contribution in [0.1, 0.15) is 40.4 Å². The minimum absolute atomic E-state index is 0.180. The number of aromatic nitrogens is 1. The fourth-order valence-corrected chi connectivity index (χ4v) is 2.84. The van der Waals surface area contributed by atoms with Crippen molar-refractivity contribution in [3.63, 3.8) is 0 Å². The summed E-state index contributed by atoms with van der Waals surface area (Å²) in [6.45, 7) is 3.53. The lowest BCUT2D eigenvalue weighted by atomic mass is 10.1. The van der Waals surface area contributed by atoms with Crippen LogP contribution < -0.4 is 10.9 Å². The van der Waals surface area contributed by atoms with Gasteiger partial charge in [0, 0.05) is 22.7 Å². The zero-order chi connectivity index (χ0) is 15.4. The molecule has 2 aromatic heterocycles. The average molecular weight is 306 g/mol. The number of hydrogen-bond acceptors (Lipinski definition) is 4. The molecule has 0 saturated heterocycles. The smallest absolute Gasteiger partial charge is 0.253 e. The largest absolute Gasteiger partial charge is 0.387 e. The molecule has 5 nitrogen and oxygen atoms in total. The second-order valence-corrected chi connectivity index (χ2v) is 5.98. The van der Waals surface area contributed by atoms with E-state index in [-0.39, 0.29) is 17.5 Å². The summed E-state index contributed by atoms with van der Waals surface area (Å²) in [6, 6.07) is 6.41. The van der Waals surface area contributed by atoms with E-state index >= 15 is 0 Å². The van der Waals surface area contributed by atoms with Crippen LogP contribution in [0.25, 0.3) is 0 Å². The highest BCUT2D eigenvalue weighted by molar-refractivity contribution is 7.10. The molecule has 21 heavy (non-hydrogen) atoms. The van der Waals surface area contributed by atoms with Gasteiger partial charge in [-0.1, -0.05) is 6.07 Å². The number of aromatic amines is 1. The van der Waals surface area contributed by atoms with Crippen molar-refractivity contribution in [3.8, 4) is 0 Å². The van der Waals surface area contributed by atoms with Gasteiger partial charge in [0.2, 0.25) is 5.56 Å². The molecule has 0 radical (unpaired) electrons. The average Bonchev–Trinajstić information content (AvgIpc) is 2.91. The van der Waals surface area contributed by atoms with Gasteiger partial charge in [-0.2, -0.15) is 0 Å². The summed E-state index contributed by atoms with van der Waals surface area (Å²) < 4.78 is 0. The van der Waals surface area contributed by atoms with Gasteiger partial charge in [-0.3, -0.25) is 9.59 Å². The molecule has 0 aliphatic rings. The van der Waals surface area contributed by atoms with Crippen molar-refractivity contribution in [1.29, 1.82) is 0 Å². The Labute approximate surface area is 126 Å². The number of pyridine rings is 1. The van der Waals surface area contributed by atoms with Crippen LogP contribution in [0.4, 0.5) is 0 Å². The predicted octanol–water partition coefficient (Wildman–Crippen LogP) is 1.99. The van der Waals surface area contributed by atoms with Crippen LogP contribution in [0, 0.1) is 6.92 Å². The molecule has 2 rings (SSSR count). The lowest BCUT2D eigenvalue weighted by Crippen LogP contribution is -2.34. The maximum absolute atomic E-state index is 12.1. The Kier molecular flexibility index (Phi) is 4.93. The van der Waals surface area contributed by atoms with Crippen molar-refractivity contribution in [3.05, 3.63) is 56.1 Å². The van der Waals surface area contributed by atoms with Gasteiger partial charge in [-0.15, -0.1) is 11.3 Å². The third kappa shape index (κ3) is 4.03. The number of amides is 1. The molecule has 0 spiro atoms. The van der Waals surface area contributed by atoms with Crippen molar-refractivity contribution in [2.45, 2.75) is 32.4 Å². The number of hydrogen-bond donors (Lipinski definition) is 3. The van der Waals surface area contributed by atoms with Crippen LogP contribution in [0.3, 0.4) is 0 Å². The Morgan fingerprint density at radius 1 is 1.43 bits per heavy atom. The highest BCUT2D eigenvalue weighted by atomic mass is 32.1. The molecule has 0 unspecified atom stereocenters. The number of nitrogens with one attached hydrogen (secondary N) is 2. The van der Waals surface area contributed by atoms with E-state index in [9.17, 15) is 14.7 Å². The fourth-order valence-electron chi connectivity index (χ4n) is 2.12. The molecule has 0 aliphatic carbocycles. The Balaban J connectivity index is 1.97. The van der Waals surface area contributed by atoms with Crippen molar-refractivity contribution in [2.75, 3.05) is 0 Å². The summed E-state index contributed by atoms with van der Waals surface area (Å²) in [5.41, 5.74) is 0.739. The molecule has 2 heterocycles. The zero-order valence-corrected chi connectivity index (χ0v) is 12.7. The van der Waals surface area contributed by atoms with Crippen molar-refractivity contribution < 1.29 is 9.90 Å². The van der Waals surface area contributed by atoms with E-state index < -0.39 is 6.10 Å². The number of aliphatic hydroxyl groups excluding tert-OH is 1. The maximum atomic E-state index is 12.1. The highest BCUT2D eigenvalue weighted by Gasteiger charge is 2.17. The number of H-pyrrole nitrogens is 1. The van der Waals surface area contributed by atoms with Crippen LogP contribution in [-0.4, -0.2) is 22.0 Å². The number of aryl methyl sites for hydroxylation is 1. The lowest BCUT2D eigenvalue weighted by molar-refractivity contribution is 0.0917. The molecule has 6 heteroatoms. The number of aliphatic hydroxyl groups is 1. The van der Waals surface area contributed by atoms with Crippen LogP contribution in [-0.2, 0) is 0 Å². The van der Waals surface area contributed by atoms with Crippen molar-refractivity contribution in [1.82, 2.24) is 10.3 Å². The third-order valence-electron chi connectivity index (χ3n) is 3.19. The number of thiophene rings is 1. The van der Waals surface area contributed by atoms with Gasteiger partial charge in [0.25, 0.3) is 5.91 Å². The van der Waals surface area contributed by atoms with E-state index in [4.69, 9.17) is 0 Å². The van der Waals surface area contributed by atoms with Gasteiger partial charge in [0.1, 0.15) is 0 Å². The molecule has 1 amide bonds. The Hall–Kier alpha value is -1.92. The molecule has 112 valence electrons. The SMILES string of the molecule is Cc1[nH]c(=O)ccc1C(=O)N[C@@H](C)C[C@@H](O)c1cccs1. The molecular weight excluding hydrogens is 288 g/mol. The molecule has 0 aromatic carbocycles. The molecular formula is C15H18N2O3S. The van der Waals surface area contributed by atoms with Crippen LogP contribution in [0.5, 0.6) is 0 Å². The predicted molar refractivity (Wildman–Crippen MR) is 82.6 cm³/mol. The van der Waals surface area contributed by atoms with Gasteiger partial charge in [-0.25, -0.2) is 0 Å². The van der Waals surface area contributed by atoms with E-state index in [0.717, 1.165) is 4.88 Å². The third-order valence-corrected chi connectivity index (χ3v) is 4.16. The van der Waals surface area contributed by atoms with E-state index in [0.29, 0.717) is 17.7 Å². The second kappa shape index (κ2) is 6.69. The number of rotatable bonds is 5. The summed E-state index contributed by atoms with van der Waals surface area (Å²) >= 11 is 1.49. The summed E-state index contributed by atoms with van der Waals surface area (Å²) in [7, 11) is 0. The zero-order valence-electron chi connectivity index (χ0n) is 11.9. The Morgan fingerprint density at radius 3 is 2.81 bits per heavy atom.